The van der Waals surface area contributed by atoms with E-state index in [-0.39, 0.29) is 17.6 Å². The molecule has 1 amide bonds. The maximum Gasteiger partial charge on any atom is 0.316 e. The van der Waals surface area contributed by atoms with Gasteiger partial charge in [-0.15, -0.1) is 0 Å². The van der Waals surface area contributed by atoms with E-state index in [1.807, 2.05) is 0 Å². The highest BCUT2D eigenvalue weighted by Gasteiger charge is 2.18. The number of hydrogen-bond acceptors (Lipinski definition) is 8. The van der Waals surface area contributed by atoms with Crippen LogP contribution in [0.15, 0.2) is 47.4 Å². The van der Waals surface area contributed by atoms with Gasteiger partial charge in [-0.25, -0.2) is 9.97 Å². The average molecular weight is 407 g/mol. The maximum atomic E-state index is 12.2. The Hall–Kier alpha value is -3.33. The summed E-state index contributed by atoms with van der Waals surface area (Å²) < 4.78 is 5.04. The van der Waals surface area contributed by atoms with Crippen LogP contribution in [0.3, 0.4) is 0 Å². The van der Waals surface area contributed by atoms with Crippen molar-refractivity contribution in [2.24, 2.45) is 0 Å². The molecule has 0 spiro atoms. The minimum atomic E-state index is -0.368. The van der Waals surface area contributed by atoms with Crippen molar-refractivity contribution < 1.29 is 9.32 Å². The number of benzene rings is 1. The van der Waals surface area contributed by atoms with Gasteiger partial charge in [-0.1, -0.05) is 17.3 Å². The van der Waals surface area contributed by atoms with Crippen LogP contribution in [0.2, 0.25) is 0 Å². The van der Waals surface area contributed by atoms with E-state index in [4.69, 9.17) is 4.52 Å². The number of nitrogens with zero attached hydrogens (tertiary/aromatic N) is 6. The molecule has 1 aliphatic heterocycles. The molecule has 0 saturated carbocycles. The lowest BCUT2D eigenvalue weighted by Crippen LogP contribution is -2.47. The number of rotatable bonds is 7. The molecule has 1 N–H and O–H groups in total. The van der Waals surface area contributed by atoms with Crippen molar-refractivity contribution in [3.05, 3.63) is 54.3 Å². The van der Waals surface area contributed by atoms with E-state index in [0.29, 0.717) is 12.2 Å². The number of carbonyl (C=O) groups excluding carboxylic acids is 1. The van der Waals surface area contributed by atoms with Crippen molar-refractivity contribution in [1.82, 2.24) is 30.3 Å². The third-order valence-electron chi connectivity index (χ3n) is 5.11. The third kappa shape index (κ3) is 4.98. The molecule has 1 fully saturated rings. The van der Waals surface area contributed by atoms with Gasteiger partial charge in [0.25, 0.3) is 0 Å². The Labute approximate surface area is 175 Å². The summed E-state index contributed by atoms with van der Waals surface area (Å²) >= 11 is 0. The number of amides is 1. The summed E-state index contributed by atoms with van der Waals surface area (Å²) in [6.07, 6.45) is 3.84. The molecule has 9 heteroatoms. The average Bonchev–Trinajstić information content (AvgIpc) is 3.28. The van der Waals surface area contributed by atoms with Crippen molar-refractivity contribution in [1.29, 1.82) is 0 Å². The van der Waals surface area contributed by atoms with E-state index < -0.39 is 0 Å². The van der Waals surface area contributed by atoms with Gasteiger partial charge in [-0.2, -0.15) is 4.98 Å². The molecule has 30 heavy (non-hydrogen) atoms. The van der Waals surface area contributed by atoms with Crippen LogP contribution in [-0.4, -0.2) is 70.2 Å². The summed E-state index contributed by atoms with van der Waals surface area (Å²) in [6.45, 7) is 7.70. The summed E-state index contributed by atoms with van der Waals surface area (Å²) in [5.41, 5.74) is 3.09. The summed E-state index contributed by atoms with van der Waals surface area (Å²) in [6, 6.07) is 10.3. The molecule has 3 heterocycles. The van der Waals surface area contributed by atoms with E-state index in [1.54, 1.807) is 12.3 Å². The van der Waals surface area contributed by atoms with E-state index >= 15 is 0 Å². The van der Waals surface area contributed by atoms with Crippen LogP contribution < -0.4 is 10.2 Å². The first kappa shape index (κ1) is 20.0. The Morgan fingerprint density at radius 3 is 2.83 bits per heavy atom. The number of carbonyl (C=O) groups is 1. The maximum absolute atomic E-state index is 12.2. The third-order valence-corrected chi connectivity index (χ3v) is 5.11. The minimum absolute atomic E-state index is 0.0598. The number of piperazine rings is 1. The second kappa shape index (κ2) is 9.45. The fraction of sp³-hybridized carbons (Fsp3) is 0.381. The van der Waals surface area contributed by atoms with Crippen molar-refractivity contribution >= 4 is 11.6 Å². The largest absolute Gasteiger partial charge is 0.369 e. The van der Waals surface area contributed by atoms with E-state index in [2.05, 4.69) is 66.4 Å². The minimum Gasteiger partial charge on any atom is -0.369 e. The van der Waals surface area contributed by atoms with Gasteiger partial charge in [0.15, 0.2) is 0 Å². The highest BCUT2D eigenvalue weighted by molar-refractivity contribution is 5.89. The molecular formula is C21H25N7O2. The Bertz CT molecular complexity index is 968. The smallest absolute Gasteiger partial charge is 0.316 e. The van der Waals surface area contributed by atoms with E-state index in [9.17, 15) is 4.79 Å². The van der Waals surface area contributed by atoms with Gasteiger partial charge in [0.2, 0.25) is 5.82 Å². The Balaban J connectivity index is 1.17. The standard InChI is InChI=1S/C21H25N7O2/c1-16-4-2-5-17(14-16)28-12-10-27(11-13-28)9-3-7-23-20(29)21-25-19(26-30-21)18-6-8-22-15-24-18/h2,4-6,8,14-15H,3,7,9-13H2,1H3,(H,23,29). The van der Waals surface area contributed by atoms with Gasteiger partial charge in [0, 0.05) is 44.6 Å². The molecule has 2 aromatic heterocycles. The molecule has 3 aromatic rings. The zero-order valence-corrected chi connectivity index (χ0v) is 17.0. The predicted octanol–water partition coefficient (Wildman–Crippen LogP) is 1.78. The summed E-state index contributed by atoms with van der Waals surface area (Å²) in [7, 11) is 0. The molecule has 0 radical (unpaired) electrons. The molecule has 0 aliphatic carbocycles. The van der Waals surface area contributed by atoms with Crippen molar-refractivity contribution in [2.45, 2.75) is 13.3 Å². The van der Waals surface area contributed by atoms with Crippen molar-refractivity contribution in [3.8, 4) is 11.5 Å². The fourth-order valence-corrected chi connectivity index (χ4v) is 3.48. The van der Waals surface area contributed by atoms with Crippen LogP contribution >= 0.6 is 0 Å². The van der Waals surface area contributed by atoms with Gasteiger partial charge in [0.1, 0.15) is 12.0 Å². The first-order valence-electron chi connectivity index (χ1n) is 10.1. The number of aromatic nitrogens is 4. The summed E-state index contributed by atoms with van der Waals surface area (Å²) in [5.74, 6) is -0.156. The quantitative estimate of drug-likeness (QED) is 0.592. The van der Waals surface area contributed by atoms with Crippen molar-refractivity contribution in [3.63, 3.8) is 0 Å². The Kier molecular flexibility index (Phi) is 6.29. The van der Waals surface area contributed by atoms with Crippen LogP contribution in [0.5, 0.6) is 0 Å². The van der Waals surface area contributed by atoms with Crippen LogP contribution in [0.1, 0.15) is 22.7 Å². The SMILES string of the molecule is Cc1cccc(N2CCN(CCCNC(=O)c3nc(-c4ccncn4)no3)CC2)c1. The number of aryl methyl sites for hydroxylation is 1. The summed E-state index contributed by atoms with van der Waals surface area (Å²) in [4.78, 5) is 29.0. The lowest BCUT2D eigenvalue weighted by molar-refractivity contribution is 0.0907. The molecule has 9 nitrogen and oxygen atoms in total. The number of nitrogens with one attached hydrogen (secondary N) is 1. The number of anilines is 1. The molecule has 1 aliphatic rings. The second-order valence-corrected chi connectivity index (χ2v) is 7.29. The first-order valence-corrected chi connectivity index (χ1v) is 10.1. The van der Waals surface area contributed by atoms with Crippen molar-refractivity contribution in [2.75, 3.05) is 44.2 Å². The highest BCUT2D eigenvalue weighted by Crippen LogP contribution is 2.17. The molecule has 0 atom stereocenters. The van der Waals surface area contributed by atoms with Gasteiger partial charge >= 0.3 is 11.8 Å². The first-order chi connectivity index (χ1) is 14.7. The zero-order chi connectivity index (χ0) is 20.8. The molecule has 0 unspecified atom stereocenters. The van der Waals surface area contributed by atoms with E-state index in [0.717, 1.165) is 39.1 Å². The van der Waals surface area contributed by atoms with Crippen LogP contribution in [-0.2, 0) is 0 Å². The van der Waals surface area contributed by atoms with Crippen LogP contribution in [0.25, 0.3) is 11.5 Å². The molecule has 4 rings (SSSR count). The summed E-state index contributed by atoms with van der Waals surface area (Å²) in [5, 5.41) is 6.64. The Morgan fingerprint density at radius 2 is 2.07 bits per heavy atom. The zero-order valence-electron chi connectivity index (χ0n) is 17.0. The molecule has 1 aromatic carbocycles. The highest BCUT2D eigenvalue weighted by atomic mass is 16.5. The molecular weight excluding hydrogens is 382 g/mol. The van der Waals surface area contributed by atoms with Crippen LogP contribution in [0.4, 0.5) is 5.69 Å². The van der Waals surface area contributed by atoms with Crippen LogP contribution in [0, 0.1) is 6.92 Å². The molecule has 0 bridgehead atoms. The molecule has 1 saturated heterocycles. The van der Waals surface area contributed by atoms with Gasteiger partial charge in [0.05, 0.1) is 0 Å². The lowest BCUT2D eigenvalue weighted by atomic mass is 10.2. The monoisotopic (exact) mass is 407 g/mol. The fourth-order valence-electron chi connectivity index (χ4n) is 3.48. The predicted molar refractivity (Wildman–Crippen MR) is 112 cm³/mol. The van der Waals surface area contributed by atoms with Gasteiger partial charge in [-0.05, 0) is 43.7 Å². The second-order valence-electron chi connectivity index (χ2n) is 7.29. The number of hydrogen-bond donors (Lipinski definition) is 1. The Morgan fingerprint density at radius 1 is 1.20 bits per heavy atom. The lowest BCUT2D eigenvalue weighted by Gasteiger charge is -2.36. The topological polar surface area (TPSA) is 100 Å². The molecule has 156 valence electrons. The van der Waals surface area contributed by atoms with Gasteiger partial charge in [-0.3, -0.25) is 9.69 Å². The van der Waals surface area contributed by atoms with E-state index in [1.165, 1.54) is 17.6 Å². The van der Waals surface area contributed by atoms with Gasteiger partial charge < -0.3 is 14.7 Å². The normalized spacial score (nSPS) is 14.6.